The van der Waals surface area contributed by atoms with Crippen molar-refractivity contribution in [2.75, 3.05) is 123 Å². The molecule has 3 saturated heterocycles. The van der Waals surface area contributed by atoms with Crippen LogP contribution in [0.25, 0.3) is 11.1 Å². The van der Waals surface area contributed by atoms with E-state index in [9.17, 15) is 59.8 Å². The average molecular weight is 1370 g/mol. The number of carbonyl (C=O) groups is 5. The van der Waals surface area contributed by atoms with Crippen molar-refractivity contribution >= 4 is 51.9 Å². The van der Waals surface area contributed by atoms with Gasteiger partial charge in [-0.05, 0) is 130 Å². The third kappa shape index (κ3) is 17.0. The van der Waals surface area contributed by atoms with Gasteiger partial charge in [-0.15, -0.1) is 0 Å². The monoisotopic (exact) mass is 1370 g/mol. The predicted octanol–water partition coefficient (Wildman–Crippen LogP) is 12.3. The number of thiazole rings is 1. The number of para-hydroxylation sites is 1. The summed E-state index contributed by atoms with van der Waals surface area (Å²) >= 11 is 1.32. The minimum Gasteiger partial charge on any atom is -0.465 e. The van der Waals surface area contributed by atoms with Crippen LogP contribution in [0.4, 0.5) is 46.3 Å². The summed E-state index contributed by atoms with van der Waals surface area (Å²) in [5, 5.41) is 11.1. The molecule has 1 N–H and O–H groups in total. The van der Waals surface area contributed by atoms with Gasteiger partial charge in [-0.2, -0.15) is 26.3 Å². The number of nitrogens with zero attached hydrogens (tertiary/aromatic N) is 9. The van der Waals surface area contributed by atoms with Crippen LogP contribution in [-0.4, -0.2) is 195 Å². The van der Waals surface area contributed by atoms with E-state index in [4.69, 9.17) is 14.5 Å². The van der Waals surface area contributed by atoms with Gasteiger partial charge in [-0.1, -0.05) is 103 Å². The van der Waals surface area contributed by atoms with Gasteiger partial charge < -0.3 is 48.9 Å². The van der Waals surface area contributed by atoms with Crippen molar-refractivity contribution in [2.45, 2.75) is 107 Å². The molecule has 3 aliphatic heterocycles. The molecular weight excluding hydrogens is 1280 g/mol. The van der Waals surface area contributed by atoms with Gasteiger partial charge in [0, 0.05) is 110 Å². The number of alkyl halides is 6. The van der Waals surface area contributed by atoms with E-state index in [1.54, 1.807) is 35.7 Å². The first-order valence-electron chi connectivity index (χ1n) is 33.0. The zero-order valence-corrected chi connectivity index (χ0v) is 56.2. The normalized spacial score (nSPS) is 18.3. The molecule has 1 aromatic heterocycles. The van der Waals surface area contributed by atoms with Gasteiger partial charge in [0.05, 0.1) is 35.2 Å². The van der Waals surface area contributed by atoms with Crippen LogP contribution in [0.5, 0.6) is 0 Å². The zero-order valence-electron chi connectivity index (χ0n) is 55.3. The lowest BCUT2D eigenvalue weighted by molar-refractivity contribution is -0.143. The summed E-state index contributed by atoms with van der Waals surface area (Å²) in [5.41, 5.74) is 0.166. The zero-order chi connectivity index (χ0) is 69.4. The molecule has 25 heteroatoms. The number of carbonyl (C=O) groups excluding carboxylic acids is 4. The molecule has 0 unspecified atom stereocenters. The number of hydrogen-bond acceptors (Lipinski definition) is 12. The predicted molar refractivity (Wildman–Crippen MR) is 356 cm³/mol. The highest BCUT2D eigenvalue weighted by Crippen LogP contribution is 2.49. The van der Waals surface area contributed by atoms with E-state index in [0.717, 1.165) is 59.5 Å². The maximum atomic E-state index is 14.3. The molecule has 0 radical (unpaired) electrons. The third-order valence-electron chi connectivity index (χ3n) is 19.8. The number of hydrogen-bond donors (Lipinski definition) is 1. The van der Waals surface area contributed by atoms with Gasteiger partial charge in [-0.3, -0.25) is 24.1 Å². The number of likely N-dealkylation sites (tertiary alicyclic amines) is 2. The maximum absolute atomic E-state index is 14.3. The second-order valence-electron chi connectivity index (χ2n) is 26.1. The molecular formula is C72H84F7N9O8S. The molecule has 5 aromatic carbocycles. The van der Waals surface area contributed by atoms with E-state index in [2.05, 4.69) is 21.9 Å². The van der Waals surface area contributed by atoms with Crippen LogP contribution >= 0.6 is 11.3 Å². The van der Waals surface area contributed by atoms with Gasteiger partial charge in [-0.25, -0.2) is 14.2 Å². The van der Waals surface area contributed by atoms with Crippen LogP contribution in [0, 0.1) is 12.7 Å². The van der Waals surface area contributed by atoms with Gasteiger partial charge >= 0.3 is 18.4 Å². The second kappa shape index (κ2) is 30.8. The summed E-state index contributed by atoms with van der Waals surface area (Å²) < 4.78 is 110. The first kappa shape index (κ1) is 71.8. The quantitative estimate of drug-likeness (QED) is 0.0427. The highest BCUT2D eigenvalue weighted by atomic mass is 32.1. The van der Waals surface area contributed by atoms with Crippen LogP contribution in [0.2, 0.25) is 0 Å². The molecule has 1 spiro atoms. The summed E-state index contributed by atoms with van der Waals surface area (Å²) in [5.74, 6) is -1.99. The molecule has 1 aliphatic carbocycles. The molecule has 97 heavy (non-hydrogen) atoms. The number of benzene rings is 5. The number of rotatable bonds is 25. The summed E-state index contributed by atoms with van der Waals surface area (Å²) in [4.78, 5) is 86.5. The van der Waals surface area contributed by atoms with E-state index < -0.39 is 64.6 Å². The van der Waals surface area contributed by atoms with E-state index in [-0.39, 0.29) is 68.6 Å². The van der Waals surface area contributed by atoms with E-state index in [0.29, 0.717) is 117 Å². The Kier molecular flexibility index (Phi) is 22.8. The number of aryl methyl sites for hydroxylation is 1. The fraction of sp³-hybridized carbons (Fsp3) is 0.472. The van der Waals surface area contributed by atoms with Crippen molar-refractivity contribution in [2.24, 2.45) is 0 Å². The Labute approximate surface area is 565 Å². The number of piperidine rings is 2. The van der Waals surface area contributed by atoms with Gasteiger partial charge in [0.15, 0.2) is 5.13 Å². The number of amides is 5. The van der Waals surface area contributed by atoms with Crippen molar-refractivity contribution in [3.05, 3.63) is 171 Å². The summed E-state index contributed by atoms with van der Waals surface area (Å²) in [7, 11) is 7.14. The number of ether oxygens (including phenoxy) is 2. The number of unbranched alkanes of at least 4 members (excludes halogenated alkanes) is 2. The highest BCUT2D eigenvalue weighted by Gasteiger charge is 2.50. The fourth-order valence-corrected chi connectivity index (χ4v) is 15.0. The molecule has 17 nitrogen and oxygen atoms in total. The Morgan fingerprint density at radius 1 is 0.711 bits per heavy atom. The molecule has 2 atom stereocenters. The minimum absolute atomic E-state index is 0.0312. The number of anilines is 2. The van der Waals surface area contributed by atoms with Crippen molar-refractivity contribution in [3.8, 4) is 11.1 Å². The van der Waals surface area contributed by atoms with Crippen molar-refractivity contribution in [1.82, 2.24) is 34.4 Å². The number of fused-ring (bicyclic) bond motifs is 2. The fourth-order valence-electron chi connectivity index (χ4n) is 13.9. The van der Waals surface area contributed by atoms with Crippen LogP contribution < -0.4 is 9.80 Å². The molecule has 4 heterocycles. The molecule has 0 saturated carbocycles. The Hall–Kier alpha value is -7.97. The number of likely N-dealkylation sites (N-methyl/N-ethyl adjacent to an activating group) is 3. The van der Waals surface area contributed by atoms with Crippen molar-refractivity contribution in [1.29, 1.82) is 0 Å². The second-order valence-corrected chi connectivity index (χ2v) is 27.1. The minimum atomic E-state index is -5.15. The van der Waals surface area contributed by atoms with Crippen molar-refractivity contribution in [3.63, 3.8) is 0 Å². The number of carboxylic acid groups (broad SMARTS) is 1. The van der Waals surface area contributed by atoms with Crippen LogP contribution in [-0.2, 0) is 48.9 Å². The van der Waals surface area contributed by atoms with E-state index in [1.807, 2.05) is 85.7 Å². The molecule has 3 fully saturated rings. The lowest BCUT2D eigenvalue weighted by atomic mass is 9.72. The standard InChI is InChI=1S/C72H84F7N9O8S/c1-49-64(97-67(80-49)84(5)32-15-7-10-22-62(89)81(2)40-41-85-33-27-57(28-34-85)88(68(93)94)60-21-14-12-19-58(60)50-16-8-6-9-17-50)66(92)83(4)39-38-82(3)63(90)46-95-61-44-51-18-11-13-20-59(51)69(61)29-35-86(36-30-69)37-31-70(53-23-25-56(73)26-24-53)47-87(48-96-70)65(91)52-42-54(71(74,75)76)45-55(43-52)72(77,78)79/h6,8-9,11-14,16-21,23-26,42-43,45,57,61H,7,10,15,22,27-41,44,46-48H2,1-5H3,(H,93,94)/t61-,70-/m0/s1. The van der Waals surface area contributed by atoms with Gasteiger partial charge in [0.25, 0.3) is 11.8 Å². The highest BCUT2D eigenvalue weighted by molar-refractivity contribution is 7.17. The Balaban J connectivity index is 0.643. The smallest absolute Gasteiger partial charge is 0.416 e. The number of aromatic nitrogens is 1. The van der Waals surface area contributed by atoms with Gasteiger partial charge in [0.1, 0.15) is 29.6 Å². The Morgan fingerprint density at radius 3 is 2.02 bits per heavy atom. The van der Waals surface area contributed by atoms with Crippen LogP contribution in [0.1, 0.15) is 111 Å². The largest absolute Gasteiger partial charge is 0.465 e. The topological polar surface area (TPSA) is 163 Å². The first-order chi connectivity index (χ1) is 46.2. The lowest BCUT2D eigenvalue weighted by Gasteiger charge is -2.44. The average Bonchev–Trinajstić information content (AvgIpc) is 1.61. The molecule has 10 rings (SSSR count). The Morgan fingerprint density at radius 2 is 1.34 bits per heavy atom. The van der Waals surface area contributed by atoms with E-state index >= 15 is 0 Å². The molecule has 5 amide bonds. The van der Waals surface area contributed by atoms with Gasteiger partial charge in [0.2, 0.25) is 11.8 Å². The molecule has 4 aliphatic rings. The summed E-state index contributed by atoms with van der Waals surface area (Å²) in [6.45, 7) is 6.50. The summed E-state index contributed by atoms with van der Waals surface area (Å²) in [6, 6.07) is 31.6. The molecule has 0 bridgehead atoms. The van der Waals surface area contributed by atoms with Crippen molar-refractivity contribution < 1.29 is 69.3 Å². The summed E-state index contributed by atoms with van der Waals surface area (Å²) in [6.07, 6.45) is -5.27. The van der Waals surface area contributed by atoms with E-state index in [1.165, 1.54) is 40.5 Å². The maximum Gasteiger partial charge on any atom is 0.416 e. The first-order valence-corrected chi connectivity index (χ1v) is 33.8. The van der Waals surface area contributed by atoms with Crippen LogP contribution in [0.3, 0.4) is 0 Å². The molecule has 6 aromatic rings. The van der Waals surface area contributed by atoms with Crippen LogP contribution in [0.15, 0.2) is 121 Å². The lowest BCUT2D eigenvalue weighted by Crippen LogP contribution is -2.50. The third-order valence-corrected chi connectivity index (χ3v) is 21.0. The Bertz CT molecular complexity index is 3700. The SMILES string of the molecule is Cc1nc(N(C)CCCCCC(=O)N(C)CCN2CCC(N(C(=O)O)c3ccccc3-c3ccccc3)CC2)sc1C(=O)N(C)CCN(C)C(=O)CO[C@H]1Cc2ccccc2C12CCN(CC[C@@]1(c3ccc(F)cc3)CN(C(=O)c3cc(C(F)(F)F)cc(C(F)(F)F)c3)CO1)CC2. The number of halogens is 7. The molecule has 520 valence electrons.